The largest absolute Gasteiger partial charge is 0.497 e. The molecule has 1 aromatic carbocycles. The molecule has 1 saturated carbocycles. The molecule has 2 fully saturated rings. The van der Waals surface area contributed by atoms with Crippen molar-refractivity contribution in [2.24, 2.45) is 23.7 Å². The average molecular weight is 274 g/mol. The van der Waals surface area contributed by atoms with Crippen LogP contribution in [0.15, 0.2) is 24.3 Å². The van der Waals surface area contributed by atoms with Crippen LogP contribution in [0.25, 0.3) is 0 Å². The molecular weight excluding hydrogens is 252 g/mol. The van der Waals surface area contributed by atoms with Crippen LogP contribution in [-0.4, -0.2) is 13.1 Å². The number of carbonyl (C=O) groups is 1. The molecule has 1 unspecified atom stereocenters. The molecule has 0 spiro atoms. The van der Waals surface area contributed by atoms with Gasteiger partial charge in [0.1, 0.15) is 11.9 Å². The molecule has 0 bridgehead atoms. The molecule has 5 atom stereocenters. The molecule has 0 aromatic heterocycles. The summed E-state index contributed by atoms with van der Waals surface area (Å²) >= 11 is 0. The van der Waals surface area contributed by atoms with Crippen LogP contribution in [0.2, 0.25) is 0 Å². The maximum atomic E-state index is 12.3. The third-order valence-electron chi connectivity index (χ3n) is 5.14. The third-order valence-corrected chi connectivity index (χ3v) is 5.14. The Labute approximate surface area is 120 Å². The van der Waals surface area contributed by atoms with E-state index in [1.165, 1.54) is 0 Å². The molecule has 1 heterocycles. The van der Waals surface area contributed by atoms with Crippen molar-refractivity contribution in [2.75, 3.05) is 7.11 Å². The predicted molar refractivity (Wildman–Crippen MR) is 76.4 cm³/mol. The Bertz CT molecular complexity index is 493. The van der Waals surface area contributed by atoms with Crippen molar-refractivity contribution in [3.05, 3.63) is 29.8 Å². The van der Waals surface area contributed by atoms with Gasteiger partial charge in [0.25, 0.3) is 0 Å². The van der Waals surface area contributed by atoms with Crippen LogP contribution in [0, 0.1) is 23.7 Å². The molecule has 108 valence electrons. The minimum Gasteiger partial charge on any atom is -0.497 e. The third kappa shape index (κ3) is 2.09. The van der Waals surface area contributed by atoms with Crippen LogP contribution in [0.5, 0.6) is 5.75 Å². The van der Waals surface area contributed by atoms with Gasteiger partial charge < -0.3 is 9.47 Å². The highest BCUT2D eigenvalue weighted by atomic mass is 16.5. The lowest BCUT2D eigenvalue weighted by Crippen LogP contribution is -2.39. The summed E-state index contributed by atoms with van der Waals surface area (Å²) in [5.41, 5.74) is 1.07. The first-order valence-electron chi connectivity index (χ1n) is 7.46. The van der Waals surface area contributed by atoms with Gasteiger partial charge in [-0.05, 0) is 42.4 Å². The first kappa shape index (κ1) is 13.5. The van der Waals surface area contributed by atoms with E-state index in [0.717, 1.165) is 24.2 Å². The van der Waals surface area contributed by atoms with Crippen molar-refractivity contribution in [3.63, 3.8) is 0 Å². The van der Waals surface area contributed by atoms with Crippen LogP contribution in [-0.2, 0) is 9.53 Å². The van der Waals surface area contributed by atoms with Gasteiger partial charge in [-0.2, -0.15) is 0 Å². The van der Waals surface area contributed by atoms with E-state index < -0.39 is 0 Å². The normalized spacial score (nSPS) is 36.4. The molecule has 1 aromatic rings. The van der Waals surface area contributed by atoms with Crippen molar-refractivity contribution < 1.29 is 14.3 Å². The summed E-state index contributed by atoms with van der Waals surface area (Å²) in [6.45, 7) is 4.39. The number of cyclic esters (lactones) is 1. The minimum absolute atomic E-state index is 0.00100. The van der Waals surface area contributed by atoms with Crippen LogP contribution < -0.4 is 4.74 Å². The summed E-state index contributed by atoms with van der Waals surface area (Å²) < 4.78 is 10.9. The predicted octanol–water partition coefficient (Wildman–Crippen LogP) is 3.59. The summed E-state index contributed by atoms with van der Waals surface area (Å²) in [4.78, 5) is 12.3. The zero-order valence-corrected chi connectivity index (χ0v) is 12.3. The van der Waals surface area contributed by atoms with Crippen molar-refractivity contribution in [2.45, 2.75) is 32.8 Å². The monoisotopic (exact) mass is 274 g/mol. The fraction of sp³-hybridized carbons (Fsp3) is 0.588. The Hall–Kier alpha value is -1.51. The van der Waals surface area contributed by atoms with Gasteiger partial charge in [-0.3, -0.25) is 4.79 Å². The van der Waals surface area contributed by atoms with E-state index in [1.807, 2.05) is 24.3 Å². The number of fused-ring (bicyclic) bond motifs is 1. The summed E-state index contributed by atoms with van der Waals surface area (Å²) in [6.07, 6.45) is 2.18. The first-order chi connectivity index (χ1) is 9.61. The molecular formula is C17H22O3. The Morgan fingerprint density at radius 2 is 1.85 bits per heavy atom. The number of carbonyl (C=O) groups excluding carboxylic acids is 1. The Kier molecular flexibility index (Phi) is 3.45. The van der Waals surface area contributed by atoms with Gasteiger partial charge in [0.05, 0.1) is 13.0 Å². The van der Waals surface area contributed by atoms with E-state index in [4.69, 9.17) is 9.47 Å². The second kappa shape index (κ2) is 5.12. The number of hydrogen-bond donors (Lipinski definition) is 0. The smallest absolute Gasteiger partial charge is 0.310 e. The van der Waals surface area contributed by atoms with Crippen LogP contribution in [0.1, 0.15) is 38.4 Å². The lowest BCUT2D eigenvalue weighted by molar-refractivity contribution is -0.172. The van der Waals surface area contributed by atoms with E-state index in [0.29, 0.717) is 17.8 Å². The second-order valence-corrected chi connectivity index (χ2v) is 6.23. The highest BCUT2D eigenvalue weighted by Crippen LogP contribution is 2.50. The lowest BCUT2D eigenvalue weighted by Gasteiger charge is -2.38. The van der Waals surface area contributed by atoms with Gasteiger partial charge in [-0.15, -0.1) is 0 Å². The highest BCUT2D eigenvalue weighted by molar-refractivity contribution is 5.75. The van der Waals surface area contributed by atoms with Crippen LogP contribution in [0.4, 0.5) is 0 Å². The highest BCUT2D eigenvalue weighted by Gasteiger charge is 2.49. The molecule has 3 heteroatoms. The number of methoxy groups -OCH3 is 1. The molecule has 0 amide bonds. The number of esters is 1. The number of hydrogen-bond acceptors (Lipinski definition) is 3. The summed E-state index contributed by atoms with van der Waals surface area (Å²) in [5.74, 6) is 2.26. The van der Waals surface area contributed by atoms with E-state index in [2.05, 4.69) is 13.8 Å². The number of benzene rings is 1. The van der Waals surface area contributed by atoms with Crippen molar-refractivity contribution in [1.82, 2.24) is 0 Å². The maximum absolute atomic E-state index is 12.3. The second-order valence-electron chi connectivity index (χ2n) is 6.23. The van der Waals surface area contributed by atoms with E-state index in [9.17, 15) is 4.79 Å². The molecule has 20 heavy (non-hydrogen) atoms. The van der Waals surface area contributed by atoms with Gasteiger partial charge in [-0.1, -0.05) is 26.0 Å². The summed E-state index contributed by atoms with van der Waals surface area (Å²) in [5, 5.41) is 0. The fourth-order valence-corrected chi connectivity index (χ4v) is 3.93. The Morgan fingerprint density at radius 1 is 1.15 bits per heavy atom. The zero-order chi connectivity index (χ0) is 14.3. The van der Waals surface area contributed by atoms with E-state index in [1.54, 1.807) is 7.11 Å². The number of rotatable bonds is 2. The van der Waals surface area contributed by atoms with E-state index in [-0.39, 0.29) is 18.0 Å². The molecule has 3 nitrogen and oxygen atoms in total. The molecule has 2 aliphatic rings. The van der Waals surface area contributed by atoms with Crippen molar-refractivity contribution >= 4 is 5.97 Å². The quantitative estimate of drug-likeness (QED) is 0.773. The zero-order valence-electron chi connectivity index (χ0n) is 12.3. The molecule has 1 aliphatic heterocycles. The Morgan fingerprint density at radius 3 is 2.50 bits per heavy atom. The van der Waals surface area contributed by atoms with Crippen LogP contribution >= 0.6 is 0 Å². The molecule has 0 N–H and O–H groups in total. The first-order valence-corrected chi connectivity index (χ1v) is 7.46. The van der Waals surface area contributed by atoms with Crippen LogP contribution in [0.3, 0.4) is 0 Å². The fourth-order valence-electron chi connectivity index (χ4n) is 3.93. The summed E-state index contributed by atoms with van der Waals surface area (Å²) in [7, 11) is 1.66. The van der Waals surface area contributed by atoms with E-state index >= 15 is 0 Å². The topological polar surface area (TPSA) is 35.5 Å². The van der Waals surface area contributed by atoms with Gasteiger partial charge >= 0.3 is 5.97 Å². The van der Waals surface area contributed by atoms with Crippen molar-refractivity contribution in [3.8, 4) is 5.75 Å². The molecule has 3 rings (SSSR count). The van der Waals surface area contributed by atoms with Gasteiger partial charge in [0.2, 0.25) is 0 Å². The molecule has 1 saturated heterocycles. The van der Waals surface area contributed by atoms with Gasteiger partial charge in [0.15, 0.2) is 0 Å². The molecule has 0 radical (unpaired) electrons. The van der Waals surface area contributed by atoms with Gasteiger partial charge in [0, 0.05) is 5.92 Å². The number of ether oxygens (including phenoxy) is 2. The SMILES string of the molecule is COc1ccc(C2OC(=O)[C@H]3[C@H](CC[C@@H]3C)[C@H]2C)cc1. The van der Waals surface area contributed by atoms with Crippen molar-refractivity contribution in [1.29, 1.82) is 0 Å². The minimum atomic E-state index is -0.111. The standard InChI is InChI=1S/C17H22O3/c1-10-4-9-14-11(2)16(20-17(18)15(10)14)12-5-7-13(19-3)8-6-12/h5-8,10-11,14-16H,4,9H2,1-3H3/t10-,11+,14+,15+,16?/m0/s1. The molecule has 1 aliphatic carbocycles. The summed E-state index contributed by atoms with van der Waals surface area (Å²) in [6, 6.07) is 7.87. The lowest BCUT2D eigenvalue weighted by atomic mass is 9.76. The average Bonchev–Trinajstić information content (AvgIpc) is 2.86. The Balaban J connectivity index is 1.85. The van der Waals surface area contributed by atoms with Gasteiger partial charge in [-0.25, -0.2) is 0 Å². The maximum Gasteiger partial charge on any atom is 0.310 e.